The number of carbonyl (C=O) groups excluding carboxylic acids is 1. The molecular weight excluding hydrogens is 474 g/mol. The third kappa shape index (κ3) is 6.04. The highest BCUT2D eigenvalue weighted by Gasteiger charge is 2.32. The highest BCUT2D eigenvalue weighted by molar-refractivity contribution is 7.92. The average Bonchev–Trinajstić information content (AvgIpc) is 2.73. The molecule has 3 aromatic carbocycles. The standard InChI is InChI=1S/C21H14F6N2O3S/c22-20(23,24)14-5-2-7-16(11-14)28-19(30)13-4-1-8-17(10-13)29-33(31,32)18-9-3-6-15(12-18)21(25,26)27/h1-12,29H,(H,28,30). The van der Waals surface area contributed by atoms with Crippen LogP contribution in [0.2, 0.25) is 0 Å². The predicted molar refractivity (Wildman–Crippen MR) is 108 cm³/mol. The topological polar surface area (TPSA) is 75.3 Å². The first kappa shape index (κ1) is 24.1. The van der Waals surface area contributed by atoms with Gasteiger partial charge in [-0.3, -0.25) is 9.52 Å². The van der Waals surface area contributed by atoms with Crippen molar-refractivity contribution in [3.05, 3.63) is 89.5 Å². The summed E-state index contributed by atoms with van der Waals surface area (Å²) in [6, 6.07) is 11.9. The van der Waals surface area contributed by atoms with Crippen molar-refractivity contribution < 1.29 is 39.6 Å². The van der Waals surface area contributed by atoms with Gasteiger partial charge in [0.15, 0.2) is 0 Å². The van der Waals surface area contributed by atoms with E-state index < -0.39 is 44.3 Å². The third-order valence-electron chi connectivity index (χ3n) is 4.30. The van der Waals surface area contributed by atoms with Gasteiger partial charge in [0.1, 0.15) is 0 Å². The van der Waals surface area contributed by atoms with Crippen LogP contribution in [0.5, 0.6) is 0 Å². The second kappa shape index (κ2) is 8.77. The lowest BCUT2D eigenvalue weighted by atomic mass is 10.1. The smallest absolute Gasteiger partial charge is 0.322 e. The van der Waals surface area contributed by atoms with Crippen molar-refractivity contribution in [1.82, 2.24) is 0 Å². The maximum atomic E-state index is 12.9. The van der Waals surface area contributed by atoms with E-state index in [4.69, 9.17) is 0 Å². The van der Waals surface area contributed by atoms with Gasteiger partial charge in [-0.1, -0.05) is 18.2 Å². The van der Waals surface area contributed by atoms with E-state index in [1.165, 1.54) is 24.3 Å². The van der Waals surface area contributed by atoms with Crippen molar-refractivity contribution in [2.45, 2.75) is 17.2 Å². The summed E-state index contributed by atoms with van der Waals surface area (Å²) in [5.74, 6) is -0.825. The molecule has 2 N–H and O–H groups in total. The Morgan fingerprint density at radius 2 is 1.24 bits per heavy atom. The number of amides is 1. The van der Waals surface area contributed by atoms with Gasteiger partial charge in [-0.25, -0.2) is 8.42 Å². The fraction of sp³-hybridized carbons (Fsp3) is 0.0952. The molecule has 0 bridgehead atoms. The van der Waals surface area contributed by atoms with E-state index in [0.29, 0.717) is 6.07 Å². The van der Waals surface area contributed by atoms with Crippen LogP contribution in [0.3, 0.4) is 0 Å². The molecule has 3 rings (SSSR count). The van der Waals surface area contributed by atoms with Gasteiger partial charge in [0.05, 0.1) is 16.0 Å². The number of benzene rings is 3. The molecule has 12 heteroatoms. The molecule has 0 saturated heterocycles. The van der Waals surface area contributed by atoms with Crippen LogP contribution in [0.15, 0.2) is 77.7 Å². The van der Waals surface area contributed by atoms with Gasteiger partial charge in [-0.05, 0) is 54.6 Å². The number of nitrogens with one attached hydrogen (secondary N) is 2. The van der Waals surface area contributed by atoms with Crippen LogP contribution in [-0.2, 0) is 22.4 Å². The van der Waals surface area contributed by atoms with Crippen LogP contribution in [0.1, 0.15) is 21.5 Å². The fourth-order valence-corrected chi connectivity index (χ4v) is 3.85. The lowest BCUT2D eigenvalue weighted by molar-refractivity contribution is -0.138. The molecule has 3 aromatic rings. The van der Waals surface area contributed by atoms with Crippen LogP contribution in [0.25, 0.3) is 0 Å². The predicted octanol–water partition coefficient (Wildman–Crippen LogP) is 5.78. The van der Waals surface area contributed by atoms with Crippen LogP contribution in [0, 0.1) is 0 Å². The minimum absolute atomic E-state index is 0.100. The lowest BCUT2D eigenvalue weighted by Crippen LogP contribution is -2.16. The number of hydrogen-bond donors (Lipinski definition) is 2. The summed E-state index contributed by atoms with van der Waals surface area (Å²) < 4.78 is 104. The highest BCUT2D eigenvalue weighted by Crippen LogP contribution is 2.32. The number of anilines is 2. The Bertz CT molecular complexity index is 1290. The Hall–Kier alpha value is -3.54. The minimum atomic E-state index is -4.74. The first-order valence-electron chi connectivity index (χ1n) is 9.04. The summed E-state index contributed by atoms with van der Waals surface area (Å²) in [6.07, 6.45) is -9.35. The van der Waals surface area contributed by atoms with E-state index >= 15 is 0 Å². The first-order chi connectivity index (χ1) is 15.3. The summed E-state index contributed by atoms with van der Waals surface area (Å²) in [5.41, 5.74) is -2.49. The van der Waals surface area contributed by atoms with Crippen molar-refractivity contribution in [2.24, 2.45) is 0 Å². The van der Waals surface area contributed by atoms with E-state index in [1.54, 1.807) is 0 Å². The number of halogens is 6. The largest absolute Gasteiger partial charge is 0.416 e. The Morgan fingerprint density at radius 3 is 1.88 bits per heavy atom. The van der Waals surface area contributed by atoms with Crippen molar-refractivity contribution in [3.63, 3.8) is 0 Å². The van der Waals surface area contributed by atoms with Gasteiger partial charge in [0.25, 0.3) is 15.9 Å². The normalized spacial score (nSPS) is 12.3. The van der Waals surface area contributed by atoms with Crippen LogP contribution < -0.4 is 10.0 Å². The molecule has 0 aromatic heterocycles. The van der Waals surface area contributed by atoms with E-state index in [0.717, 1.165) is 42.5 Å². The lowest BCUT2D eigenvalue weighted by Gasteiger charge is -2.12. The van der Waals surface area contributed by atoms with Gasteiger partial charge in [-0.2, -0.15) is 26.3 Å². The molecule has 174 valence electrons. The number of rotatable bonds is 5. The Morgan fingerprint density at radius 1 is 0.697 bits per heavy atom. The Kier molecular flexibility index (Phi) is 6.41. The van der Waals surface area contributed by atoms with E-state index in [2.05, 4.69) is 10.0 Å². The average molecular weight is 488 g/mol. The molecule has 1 amide bonds. The Balaban J connectivity index is 1.81. The quantitative estimate of drug-likeness (QED) is 0.448. The van der Waals surface area contributed by atoms with Crippen molar-refractivity contribution in [2.75, 3.05) is 10.0 Å². The van der Waals surface area contributed by atoms with Gasteiger partial charge in [-0.15, -0.1) is 0 Å². The third-order valence-corrected chi connectivity index (χ3v) is 5.68. The zero-order valence-corrected chi connectivity index (χ0v) is 17.1. The van der Waals surface area contributed by atoms with Crippen LogP contribution >= 0.6 is 0 Å². The summed E-state index contributed by atoms with van der Waals surface area (Å²) >= 11 is 0. The number of sulfonamides is 1. The SMILES string of the molecule is O=C(Nc1cccc(C(F)(F)F)c1)c1cccc(NS(=O)(=O)c2cccc(C(F)(F)F)c2)c1. The van der Waals surface area contributed by atoms with Gasteiger partial charge < -0.3 is 5.32 Å². The number of hydrogen-bond acceptors (Lipinski definition) is 3. The molecule has 0 atom stereocenters. The maximum absolute atomic E-state index is 12.9. The summed E-state index contributed by atoms with van der Waals surface area (Å²) in [4.78, 5) is 11.8. The van der Waals surface area contributed by atoms with E-state index in [-0.39, 0.29) is 16.9 Å². The van der Waals surface area contributed by atoms with Gasteiger partial charge in [0.2, 0.25) is 0 Å². The first-order valence-corrected chi connectivity index (χ1v) is 10.5. The minimum Gasteiger partial charge on any atom is -0.322 e. The molecule has 0 aliphatic carbocycles. The molecule has 0 fully saturated rings. The fourth-order valence-electron chi connectivity index (χ4n) is 2.75. The maximum Gasteiger partial charge on any atom is 0.416 e. The molecule has 0 unspecified atom stereocenters. The van der Waals surface area contributed by atoms with Crippen LogP contribution in [-0.4, -0.2) is 14.3 Å². The second-order valence-corrected chi connectivity index (χ2v) is 8.43. The second-order valence-electron chi connectivity index (χ2n) is 6.74. The zero-order valence-electron chi connectivity index (χ0n) is 16.3. The van der Waals surface area contributed by atoms with Crippen molar-refractivity contribution >= 4 is 27.3 Å². The van der Waals surface area contributed by atoms with Crippen LogP contribution in [0.4, 0.5) is 37.7 Å². The molecule has 0 radical (unpaired) electrons. The van der Waals surface area contributed by atoms with Gasteiger partial charge >= 0.3 is 12.4 Å². The highest BCUT2D eigenvalue weighted by atomic mass is 32.2. The summed E-state index contributed by atoms with van der Waals surface area (Å²) in [6.45, 7) is 0. The molecule has 0 spiro atoms. The molecule has 0 aliphatic rings. The molecule has 33 heavy (non-hydrogen) atoms. The van der Waals surface area contributed by atoms with E-state index in [1.807, 2.05) is 0 Å². The van der Waals surface area contributed by atoms with E-state index in [9.17, 15) is 39.6 Å². The van der Waals surface area contributed by atoms with Gasteiger partial charge in [0, 0.05) is 16.9 Å². The van der Waals surface area contributed by atoms with Crippen molar-refractivity contribution in [3.8, 4) is 0 Å². The summed E-state index contributed by atoms with van der Waals surface area (Å²) in [5, 5.41) is 2.28. The molecular formula is C21H14F6N2O3S. The Labute approximate surface area is 184 Å². The molecule has 0 saturated carbocycles. The summed E-state index contributed by atoms with van der Waals surface area (Å²) in [7, 11) is -4.43. The number of carbonyl (C=O) groups is 1. The zero-order chi connectivity index (χ0) is 24.4. The molecule has 5 nitrogen and oxygen atoms in total. The van der Waals surface area contributed by atoms with Crippen molar-refractivity contribution in [1.29, 1.82) is 0 Å². The number of alkyl halides is 6. The monoisotopic (exact) mass is 488 g/mol. The molecule has 0 heterocycles. The molecule has 0 aliphatic heterocycles.